The normalized spacial score (nSPS) is 11.4. The largest absolute Gasteiger partial charge is 0.496 e. The highest BCUT2D eigenvalue weighted by Crippen LogP contribution is 2.36. The minimum absolute atomic E-state index is 0.714. The van der Waals surface area contributed by atoms with Gasteiger partial charge in [-0.1, -0.05) is 17.8 Å². The van der Waals surface area contributed by atoms with Crippen molar-refractivity contribution in [1.29, 1.82) is 0 Å². The van der Waals surface area contributed by atoms with E-state index in [1.807, 2.05) is 18.5 Å². The second-order valence-electron chi connectivity index (χ2n) is 5.77. The van der Waals surface area contributed by atoms with Crippen molar-refractivity contribution in [3.63, 3.8) is 0 Å². The van der Waals surface area contributed by atoms with Crippen LogP contribution in [0, 0.1) is 13.8 Å². The van der Waals surface area contributed by atoms with Crippen LogP contribution in [-0.2, 0) is 0 Å². The van der Waals surface area contributed by atoms with Crippen molar-refractivity contribution < 1.29 is 4.74 Å². The summed E-state index contributed by atoms with van der Waals surface area (Å²) in [5, 5.41) is 6.02. The molecule has 1 aromatic carbocycles. The van der Waals surface area contributed by atoms with E-state index in [9.17, 15) is 0 Å². The summed E-state index contributed by atoms with van der Waals surface area (Å²) >= 11 is 1.50. The number of nitrogens with zero attached hydrogens (tertiary/aromatic N) is 5. The van der Waals surface area contributed by atoms with Crippen molar-refractivity contribution in [2.75, 3.05) is 13.4 Å². The minimum atomic E-state index is 0.714. The van der Waals surface area contributed by atoms with E-state index in [0.717, 1.165) is 44.7 Å². The van der Waals surface area contributed by atoms with Crippen molar-refractivity contribution in [1.82, 2.24) is 24.6 Å². The fourth-order valence-corrected chi connectivity index (χ4v) is 3.52. The lowest BCUT2D eigenvalue weighted by Gasteiger charge is -2.15. The molecule has 0 unspecified atom stereocenters. The smallest absolute Gasteiger partial charge is 0.189 e. The number of benzene rings is 1. The first-order chi connectivity index (χ1) is 12.1. The van der Waals surface area contributed by atoms with Gasteiger partial charge >= 0.3 is 0 Å². The molecule has 0 N–H and O–H groups in total. The summed E-state index contributed by atoms with van der Waals surface area (Å²) in [4.78, 5) is 13.5. The fraction of sp³-hybridized carbons (Fsp3) is 0.222. The summed E-state index contributed by atoms with van der Waals surface area (Å²) in [5.41, 5.74) is 5.87. The van der Waals surface area contributed by atoms with Crippen molar-refractivity contribution in [2.24, 2.45) is 0 Å². The number of hydrogen-bond donors (Lipinski definition) is 0. The van der Waals surface area contributed by atoms with Gasteiger partial charge in [-0.05, 0) is 48.9 Å². The van der Waals surface area contributed by atoms with Gasteiger partial charge in [0.25, 0.3) is 0 Å². The number of pyridine rings is 1. The summed E-state index contributed by atoms with van der Waals surface area (Å²) in [7, 11) is 1.69. The third kappa shape index (κ3) is 2.42. The Bertz CT molecular complexity index is 1110. The topological polar surface area (TPSA) is 65.2 Å². The zero-order valence-corrected chi connectivity index (χ0v) is 15.3. The van der Waals surface area contributed by atoms with E-state index in [2.05, 4.69) is 46.0 Å². The van der Waals surface area contributed by atoms with E-state index in [-0.39, 0.29) is 0 Å². The Morgan fingerprint density at radius 2 is 1.96 bits per heavy atom. The van der Waals surface area contributed by atoms with Crippen LogP contribution in [-0.4, -0.2) is 37.9 Å². The van der Waals surface area contributed by atoms with Crippen molar-refractivity contribution >= 4 is 28.4 Å². The average Bonchev–Trinajstić information content (AvgIpc) is 3.12. The number of rotatable bonds is 3. The third-order valence-electron chi connectivity index (χ3n) is 4.36. The van der Waals surface area contributed by atoms with E-state index in [4.69, 9.17) is 4.74 Å². The molecule has 0 aliphatic heterocycles. The van der Waals surface area contributed by atoms with Gasteiger partial charge < -0.3 is 4.74 Å². The maximum Gasteiger partial charge on any atom is 0.189 e. The highest BCUT2D eigenvalue weighted by Gasteiger charge is 2.17. The number of aryl methyl sites for hydroxylation is 1. The first kappa shape index (κ1) is 15.8. The number of ether oxygens (including phenoxy) is 1. The van der Waals surface area contributed by atoms with Crippen LogP contribution in [0.15, 0.2) is 35.9 Å². The van der Waals surface area contributed by atoms with Crippen LogP contribution in [0.4, 0.5) is 0 Å². The molecule has 0 saturated carbocycles. The maximum atomic E-state index is 5.50. The monoisotopic (exact) mass is 351 g/mol. The van der Waals surface area contributed by atoms with Gasteiger partial charge in [-0.15, -0.1) is 0 Å². The van der Waals surface area contributed by atoms with Crippen molar-refractivity contribution in [2.45, 2.75) is 19.0 Å². The summed E-state index contributed by atoms with van der Waals surface area (Å²) in [6, 6.07) is 6.13. The summed E-state index contributed by atoms with van der Waals surface area (Å²) in [5.74, 6) is 0.854. The molecule has 0 saturated heterocycles. The van der Waals surface area contributed by atoms with E-state index < -0.39 is 0 Å². The second kappa shape index (κ2) is 6.00. The summed E-state index contributed by atoms with van der Waals surface area (Å²) in [6.45, 7) is 4.15. The van der Waals surface area contributed by atoms with E-state index in [1.54, 1.807) is 18.0 Å². The van der Waals surface area contributed by atoms with E-state index >= 15 is 0 Å². The van der Waals surface area contributed by atoms with Crippen LogP contribution in [0.5, 0.6) is 5.75 Å². The highest BCUT2D eigenvalue weighted by atomic mass is 32.2. The van der Waals surface area contributed by atoms with Gasteiger partial charge in [-0.25, -0.2) is 15.0 Å². The molecule has 3 heterocycles. The van der Waals surface area contributed by atoms with Gasteiger partial charge in [0, 0.05) is 17.1 Å². The van der Waals surface area contributed by atoms with Crippen molar-refractivity contribution in [3.8, 4) is 16.9 Å². The second-order valence-corrected chi connectivity index (χ2v) is 6.55. The Labute approximate surface area is 149 Å². The standard InChI is InChI=1S/C18H17N5OS/c1-10-5-6-14(24-3)11(2)15(10)13-7-12-8-19-18(25-4)22-16(12)23-17(13)20-9-21-23/h5-9H,1-4H3. The first-order valence-electron chi connectivity index (χ1n) is 7.82. The van der Waals surface area contributed by atoms with Gasteiger partial charge in [0.15, 0.2) is 16.5 Å². The van der Waals surface area contributed by atoms with Crippen LogP contribution < -0.4 is 4.74 Å². The molecule has 0 atom stereocenters. The fourth-order valence-electron chi connectivity index (χ4n) is 3.18. The van der Waals surface area contributed by atoms with Gasteiger partial charge in [-0.3, -0.25) is 0 Å². The Kier molecular flexibility index (Phi) is 3.80. The van der Waals surface area contributed by atoms with Gasteiger partial charge in [-0.2, -0.15) is 9.61 Å². The summed E-state index contributed by atoms with van der Waals surface area (Å²) < 4.78 is 7.29. The molecule has 0 bridgehead atoms. The van der Waals surface area contributed by atoms with Crippen LogP contribution in [0.25, 0.3) is 27.8 Å². The van der Waals surface area contributed by atoms with Crippen LogP contribution >= 0.6 is 11.8 Å². The highest BCUT2D eigenvalue weighted by molar-refractivity contribution is 7.98. The molecule has 0 spiro atoms. The number of aromatic nitrogens is 5. The molecule has 0 radical (unpaired) electrons. The SMILES string of the molecule is COc1ccc(C)c(-c2cc3cnc(SC)nc3n3ncnc23)c1C. The van der Waals surface area contributed by atoms with Crippen molar-refractivity contribution in [3.05, 3.63) is 41.9 Å². The minimum Gasteiger partial charge on any atom is -0.496 e. The molecule has 0 fully saturated rings. The van der Waals surface area contributed by atoms with Crippen LogP contribution in [0.2, 0.25) is 0 Å². The van der Waals surface area contributed by atoms with Gasteiger partial charge in [0.2, 0.25) is 0 Å². The molecule has 0 aliphatic rings. The number of methoxy groups -OCH3 is 1. The lowest BCUT2D eigenvalue weighted by molar-refractivity contribution is 0.412. The predicted octanol–water partition coefficient (Wildman–Crippen LogP) is 3.69. The first-order valence-corrected chi connectivity index (χ1v) is 9.04. The molecule has 4 rings (SSSR count). The van der Waals surface area contributed by atoms with E-state index in [1.165, 1.54) is 11.8 Å². The lowest BCUT2D eigenvalue weighted by atomic mass is 9.95. The number of hydrogen-bond acceptors (Lipinski definition) is 6. The Morgan fingerprint density at radius 3 is 2.72 bits per heavy atom. The Balaban J connectivity index is 2.11. The number of thioether (sulfide) groups is 1. The predicted molar refractivity (Wildman–Crippen MR) is 99.3 cm³/mol. The molecule has 6 nitrogen and oxygen atoms in total. The van der Waals surface area contributed by atoms with Gasteiger partial charge in [0.1, 0.15) is 12.1 Å². The van der Waals surface area contributed by atoms with E-state index in [0.29, 0.717) is 5.16 Å². The third-order valence-corrected chi connectivity index (χ3v) is 4.92. The van der Waals surface area contributed by atoms with Crippen LogP contribution in [0.3, 0.4) is 0 Å². The average molecular weight is 351 g/mol. The molecule has 7 heteroatoms. The Hall–Kier alpha value is -2.67. The molecular weight excluding hydrogens is 334 g/mol. The Morgan fingerprint density at radius 1 is 1.12 bits per heavy atom. The van der Waals surface area contributed by atoms with Crippen LogP contribution in [0.1, 0.15) is 11.1 Å². The quantitative estimate of drug-likeness (QED) is 0.414. The summed E-state index contributed by atoms with van der Waals surface area (Å²) in [6.07, 6.45) is 5.35. The lowest BCUT2D eigenvalue weighted by Crippen LogP contribution is -2.00. The molecule has 126 valence electrons. The molecule has 0 amide bonds. The van der Waals surface area contributed by atoms with Gasteiger partial charge in [0.05, 0.1) is 7.11 Å². The zero-order valence-electron chi connectivity index (χ0n) is 14.4. The molecule has 25 heavy (non-hydrogen) atoms. The molecule has 4 aromatic rings. The molecular formula is C18H17N5OS. The molecule has 0 aliphatic carbocycles. The maximum absolute atomic E-state index is 5.50. The number of fused-ring (bicyclic) bond motifs is 3. The zero-order chi connectivity index (χ0) is 17.6. The molecule has 3 aromatic heterocycles.